The number of nitrogens with zero attached hydrogens (tertiary/aromatic N) is 2. The second-order valence-corrected chi connectivity index (χ2v) is 7.61. The number of rotatable bonds is 6. The summed E-state index contributed by atoms with van der Waals surface area (Å²) in [6.07, 6.45) is -7.77. The van der Waals surface area contributed by atoms with Crippen molar-refractivity contribution < 1.29 is 41.0 Å². The summed E-state index contributed by atoms with van der Waals surface area (Å²) in [5.41, 5.74) is 1.31. The average molecular weight is 461 g/mol. The topological polar surface area (TPSA) is 74.6 Å². The molecular formula is C20H20F5N3O4. The molecule has 2 aliphatic heterocycles. The van der Waals surface area contributed by atoms with Crippen LogP contribution in [0.5, 0.6) is 11.6 Å². The fourth-order valence-electron chi connectivity index (χ4n) is 3.58. The lowest BCUT2D eigenvalue weighted by molar-refractivity contribution is -0.176. The first-order valence-electron chi connectivity index (χ1n) is 9.90. The van der Waals surface area contributed by atoms with Gasteiger partial charge in [-0.15, -0.1) is 0 Å². The summed E-state index contributed by atoms with van der Waals surface area (Å²) < 4.78 is 79.3. The van der Waals surface area contributed by atoms with Gasteiger partial charge < -0.3 is 19.5 Å². The highest BCUT2D eigenvalue weighted by atomic mass is 19.4. The van der Waals surface area contributed by atoms with Crippen LogP contribution in [-0.2, 0) is 24.3 Å². The van der Waals surface area contributed by atoms with E-state index in [4.69, 9.17) is 9.47 Å². The number of alkyl halides is 5. The van der Waals surface area contributed by atoms with Gasteiger partial charge in [-0.3, -0.25) is 4.79 Å². The predicted octanol–water partition coefficient (Wildman–Crippen LogP) is 3.11. The average Bonchev–Trinajstić information content (AvgIpc) is 3.16. The van der Waals surface area contributed by atoms with Crippen molar-refractivity contribution in [3.63, 3.8) is 0 Å². The van der Waals surface area contributed by atoms with E-state index in [1.807, 2.05) is 0 Å². The first-order chi connectivity index (χ1) is 15.2. The Morgan fingerprint density at radius 1 is 1.31 bits per heavy atom. The van der Waals surface area contributed by atoms with E-state index in [9.17, 15) is 26.7 Å². The first kappa shape index (κ1) is 22.3. The van der Waals surface area contributed by atoms with Crippen LogP contribution in [-0.4, -0.2) is 53.6 Å². The zero-order valence-electron chi connectivity index (χ0n) is 16.7. The molecule has 0 bridgehead atoms. The smallest absolute Gasteiger partial charge is 0.411 e. The minimum absolute atomic E-state index is 0.0371. The summed E-state index contributed by atoms with van der Waals surface area (Å²) in [5.74, 6) is 0.185. The molecule has 1 aromatic heterocycles. The van der Waals surface area contributed by atoms with Gasteiger partial charge in [-0.25, -0.2) is 13.5 Å². The summed E-state index contributed by atoms with van der Waals surface area (Å²) in [7, 11) is 0. The fourth-order valence-corrected chi connectivity index (χ4v) is 3.58. The van der Waals surface area contributed by atoms with Gasteiger partial charge >= 0.3 is 6.18 Å². The number of carbonyl (C=O) groups excluding carboxylic acids is 1. The van der Waals surface area contributed by atoms with Crippen LogP contribution in [0.2, 0.25) is 0 Å². The van der Waals surface area contributed by atoms with E-state index < -0.39 is 37.3 Å². The normalized spacial score (nSPS) is 20.2. The second-order valence-electron chi connectivity index (χ2n) is 7.61. The molecule has 2 atom stereocenters. The molecule has 2 aromatic rings. The molecule has 0 saturated carbocycles. The summed E-state index contributed by atoms with van der Waals surface area (Å²) in [6.45, 7) is -1.13. The van der Waals surface area contributed by atoms with Gasteiger partial charge in [-0.05, 0) is 29.7 Å². The van der Waals surface area contributed by atoms with Gasteiger partial charge in [-0.2, -0.15) is 18.3 Å². The molecule has 0 spiro atoms. The first-order valence-corrected chi connectivity index (χ1v) is 9.90. The van der Waals surface area contributed by atoms with Crippen molar-refractivity contribution in [3.05, 3.63) is 41.1 Å². The molecule has 0 aliphatic carbocycles. The predicted molar refractivity (Wildman–Crippen MR) is 99.9 cm³/mol. The molecule has 1 aromatic carbocycles. The van der Waals surface area contributed by atoms with Crippen molar-refractivity contribution in [2.45, 2.75) is 50.7 Å². The molecule has 0 radical (unpaired) electrons. The van der Waals surface area contributed by atoms with E-state index in [0.717, 1.165) is 5.56 Å². The SMILES string of the molecule is O=C(N[C@H]1COc2ccc(COCC(F)(F)F)cc2C1)c1cc2n(n1)CC[C@@H](C(F)F)O2. The van der Waals surface area contributed by atoms with Gasteiger partial charge in [0, 0.05) is 19.0 Å². The highest BCUT2D eigenvalue weighted by Gasteiger charge is 2.31. The third kappa shape index (κ3) is 5.29. The van der Waals surface area contributed by atoms with Crippen LogP contribution in [0.25, 0.3) is 0 Å². The molecule has 3 heterocycles. The van der Waals surface area contributed by atoms with Gasteiger partial charge in [0.05, 0.1) is 12.6 Å². The number of halogens is 5. The lowest BCUT2D eigenvalue weighted by Crippen LogP contribution is -2.43. The third-order valence-corrected chi connectivity index (χ3v) is 5.06. The lowest BCUT2D eigenvalue weighted by atomic mass is 10.0. The Balaban J connectivity index is 1.36. The van der Waals surface area contributed by atoms with Gasteiger partial charge in [0.15, 0.2) is 11.8 Å². The number of amides is 1. The molecule has 32 heavy (non-hydrogen) atoms. The summed E-state index contributed by atoms with van der Waals surface area (Å²) in [6, 6.07) is 5.86. The van der Waals surface area contributed by atoms with Crippen molar-refractivity contribution in [1.82, 2.24) is 15.1 Å². The molecule has 0 unspecified atom stereocenters. The Bertz CT molecular complexity index is 979. The maximum Gasteiger partial charge on any atom is 0.411 e. The maximum absolute atomic E-state index is 12.9. The molecule has 1 N–H and O–H groups in total. The zero-order chi connectivity index (χ0) is 22.9. The van der Waals surface area contributed by atoms with Gasteiger partial charge in [0.1, 0.15) is 19.0 Å². The third-order valence-electron chi connectivity index (χ3n) is 5.06. The van der Waals surface area contributed by atoms with Crippen LogP contribution in [0.4, 0.5) is 22.0 Å². The van der Waals surface area contributed by atoms with E-state index in [-0.39, 0.29) is 37.8 Å². The number of hydrogen-bond donors (Lipinski definition) is 1. The van der Waals surface area contributed by atoms with E-state index in [1.54, 1.807) is 18.2 Å². The molecular weight excluding hydrogens is 441 g/mol. The zero-order valence-corrected chi connectivity index (χ0v) is 16.7. The molecule has 4 rings (SSSR count). The van der Waals surface area contributed by atoms with Crippen LogP contribution in [0, 0.1) is 0 Å². The number of fused-ring (bicyclic) bond motifs is 2. The largest absolute Gasteiger partial charge is 0.491 e. The van der Waals surface area contributed by atoms with Crippen molar-refractivity contribution in [1.29, 1.82) is 0 Å². The molecule has 0 fully saturated rings. The highest BCUT2D eigenvalue weighted by Crippen LogP contribution is 2.28. The van der Waals surface area contributed by atoms with Crippen LogP contribution in [0.15, 0.2) is 24.3 Å². The fraction of sp³-hybridized carbons (Fsp3) is 0.500. The van der Waals surface area contributed by atoms with Crippen LogP contribution < -0.4 is 14.8 Å². The van der Waals surface area contributed by atoms with Crippen molar-refractivity contribution in [2.75, 3.05) is 13.2 Å². The minimum atomic E-state index is -4.40. The Kier molecular flexibility index (Phi) is 6.22. The second kappa shape index (κ2) is 8.93. The van der Waals surface area contributed by atoms with Gasteiger partial charge in [-0.1, -0.05) is 6.07 Å². The van der Waals surface area contributed by atoms with E-state index >= 15 is 0 Å². The maximum atomic E-state index is 12.9. The molecule has 7 nitrogen and oxygen atoms in total. The minimum Gasteiger partial charge on any atom is -0.491 e. The Morgan fingerprint density at radius 2 is 2.12 bits per heavy atom. The van der Waals surface area contributed by atoms with Crippen LogP contribution in [0.1, 0.15) is 28.0 Å². The number of hydrogen-bond acceptors (Lipinski definition) is 5. The van der Waals surface area contributed by atoms with Gasteiger partial charge in [0.2, 0.25) is 5.88 Å². The summed E-state index contributed by atoms with van der Waals surface area (Å²) in [5, 5.41) is 6.89. The molecule has 2 aliphatic rings. The number of nitrogens with one attached hydrogen (secondary N) is 1. The quantitative estimate of drug-likeness (QED) is 0.670. The molecule has 0 saturated heterocycles. The number of benzene rings is 1. The molecule has 174 valence electrons. The van der Waals surface area contributed by atoms with E-state index in [0.29, 0.717) is 17.7 Å². The standard InChI is InChI=1S/C20H20F5N3O4/c21-18(22)16-3-4-28-17(32-16)7-14(27-28)19(29)26-13-6-12-5-11(1-2-15(12)31-9-13)8-30-10-20(23,24)25/h1-2,5,7,13,16,18H,3-4,6,8-10H2,(H,26,29)/t13-,16+/m1/s1. The Labute approximate surface area is 179 Å². The number of ether oxygens (including phenoxy) is 3. The van der Waals surface area contributed by atoms with Crippen LogP contribution >= 0.6 is 0 Å². The Hall–Kier alpha value is -2.89. The van der Waals surface area contributed by atoms with Crippen molar-refractivity contribution in [2.24, 2.45) is 0 Å². The van der Waals surface area contributed by atoms with Crippen LogP contribution in [0.3, 0.4) is 0 Å². The summed E-state index contributed by atoms with van der Waals surface area (Å²) >= 11 is 0. The van der Waals surface area contributed by atoms with Crippen molar-refractivity contribution >= 4 is 5.91 Å². The Morgan fingerprint density at radius 3 is 2.88 bits per heavy atom. The molecule has 1 amide bonds. The van der Waals surface area contributed by atoms with E-state index in [1.165, 1.54) is 10.7 Å². The summed E-state index contributed by atoms with van der Waals surface area (Å²) in [4.78, 5) is 12.6. The van der Waals surface area contributed by atoms with Crippen molar-refractivity contribution in [3.8, 4) is 11.6 Å². The number of aryl methyl sites for hydroxylation is 1. The van der Waals surface area contributed by atoms with E-state index in [2.05, 4.69) is 15.2 Å². The monoisotopic (exact) mass is 461 g/mol. The lowest BCUT2D eigenvalue weighted by Gasteiger charge is -2.26. The highest BCUT2D eigenvalue weighted by molar-refractivity contribution is 5.92. The van der Waals surface area contributed by atoms with Gasteiger partial charge in [0.25, 0.3) is 12.3 Å². The molecule has 12 heteroatoms. The number of carbonyl (C=O) groups is 1. The number of aromatic nitrogens is 2.